The van der Waals surface area contributed by atoms with E-state index >= 15 is 0 Å². The van der Waals surface area contributed by atoms with E-state index in [1.807, 2.05) is 0 Å². The minimum Gasteiger partial charge on any atom is -0.267 e. The lowest BCUT2D eigenvalue weighted by atomic mass is 10.2. The molecule has 0 saturated heterocycles. The molecule has 0 saturated carbocycles. The Balaban J connectivity index is 2.18. The highest BCUT2D eigenvalue weighted by Gasteiger charge is 2.18. The number of hydrazone groups is 1. The van der Waals surface area contributed by atoms with Gasteiger partial charge in [0.25, 0.3) is 5.91 Å². The molecule has 0 unspecified atom stereocenters. The lowest BCUT2D eigenvalue weighted by molar-refractivity contribution is 0.0955. The van der Waals surface area contributed by atoms with Gasteiger partial charge in [-0.2, -0.15) is 5.10 Å². The fourth-order valence-electron chi connectivity index (χ4n) is 1.86. The molecule has 0 aromatic heterocycles. The number of hydrogen-bond donors (Lipinski definition) is 1. The lowest BCUT2D eigenvalue weighted by Gasteiger charge is -2.11. The number of nitrogens with zero attached hydrogens (tertiary/aromatic N) is 2. The van der Waals surface area contributed by atoms with E-state index in [-0.39, 0.29) is 10.5 Å². The highest BCUT2D eigenvalue weighted by Crippen LogP contribution is 2.22. The fourth-order valence-corrected chi connectivity index (χ4v) is 3.31. The van der Waals surface area contributed by atoms with Crippen LogP contribution in [0.1, 0.15) is 15.9 Å². The van der Waals surface area contributed by atoms with Crippen molar-refractivity contribution in [2.45, 2.75) is 4.90 Å². The zero-order valence-electron chi connectivity index (χ0n) is 13.4. The van der Waals surface area contributed by atoms with Gasteiger partial charge in [-0.3, -0.25) is 4.79 Å². The van der Waals surface area contributed by atoms with Crippen LogP contribution in [0.15, 0.2) is 52.5 Å². The van der Waals surface area contributed by atoms with Crippen molar-refractivity contribution < 1.29 is 13.2 Å². The van der Waals surface area contributed by atoms with Crippen molar-refractivity contribution in [2.24, 2.45) is 5.10 Å². The minimum absolute atomic E-state index is 0.0169. The van der Waals surface area contributed by atoms with E-state index in [2.05, 4.69) is 10.5 Å². The second kappa shape index (κ2) is 7.97. The summed E-state index contributed by atoms with van der Waals surface area (Å²) in [6.45, 7) is 0. The van der Waals surface area contributed by atoms with Gasteiger partial charge in [0.15, 0.2) is 0 Å². The van der Waals surface area contributed by atoms with Crippen LogP contribution in [0.3, 0.4) is 0 Å². The third-order valence-corrected chi connectivity index (χ3v) is 5.70. The van der Waals surface area contributed by atoms with E-state index in [0.717, 1.165) is 4.31 Å². The first-order chi connectivity index (χ1) is 11.7. The molecule has 6 nitrogen and oxygen atoms in total. The Bertz CT molecular complexity index is 908. The highest BCUT2D eigenvalue weighted by molar-refractivity contribution is 7.89. The molecule has 0 spiro atoms. The summed E-state index contributed by atoms with van der Waals surface area (Å²) in [5.41, 5.74) is 2.94. The molecule has 0 radical (unpaired) electrons. The zero-order chi connectivity index (χ0) is 18.6. The van der Waals surface area contributed by atoms with Crippen molar-refractivity contribution >= 4 is 45.3 Å². The van der Waals surface area contributed by atoms with Gasteiger partial charge in [-0.05, 0) is 30.3 Å². The quantitative estimate of drug-likeness (QED) is 0.619. The molecule has 132 valence electrons. The van der Waals surface area contributed by atoms with Crippen LogP contribution in [-0.4, -0.2) is 38.9 Å². The summed E-state index contributed by atoms with van der Waals surface area (Å²) in [7, 11) is -0.795. The fraction of sp³-hybridized carbons (Fsp3) is 0.125. The molecule has 2 rings (SSSR count). The van der Waals surface area contributed by atoms with E-state index in [1.54, 1.807) is 18.2 Å². The van der Waals surface area contributed by atoms with Gasteiger partial charge < -0.3 is 0 Å². The van der Waals surface area contributed by atoms with Gasteiger partial charge in [0.05, 0.1) is 21.2 Å². The molecule has 9 heteroatoms. The first kappa shape index (κ1) is 19.4. The second-order valence-electron chi connectivity index (χ2n) is 5.15. The second-order valence-corrected chi connectivity index (χ2v) is 8.12. The van der Waals surface area contributed by atoms with Crippen LogP contribution >= 0.6 is 23.2 Å². The Morgan fingerprint density at radius 2 is 1.72 bits per heavy atom. The molecular weight excluding hydrogens is 385 g/mol. The summed E-state index contributed by atoms with van der Waals surface area (Å²) < 4.78 is 25.3. The number of carbonyl (C=O) groups is 1. The molecule has 0 heterocycles. The number of halogens is 2. The van der Waals surface area contributed by atoms with Crippen molar-refractivity contribution in [1.29, 1.82) is 0 Å². The number of nitrogens with one attached hydrogen (secondary N) is 1. The molecule has 0 atom stereocenters. The summed E-state index contributed by atoms with van der Waals surface area (Å²) in [5.74, 6) is -0.560. The van der Waals surface area contributed by atoms with E-state index in [1.165, 1.54) is 44.6 Å². The van der Waals surface area contributed by atoms with E-state index < -0.39 is 15.9 Å². The first-order valence-corrected chi connectivity index (χ1v) is 9.23. The summed E-state index contributed by atoms with van der Waals surface area (Å²) in [5, 5.41) is 4.60. The number of sulfonamides is 1. The predicted octanol–water partition coefficient (Wildman–Crippen LogP) is 3.01. The molecule has 25 heavy (non-hydrogen) atoms. The van der Waals surface area contributed by atoms with Gasteiger partial charge in [-0.15, -0.1) is 0 Å². The van der Waals surface area contributed by atoms with Crippen molar-refractivity contribution in [3.05, 3.63) is 63.6 Å². The monoisotopic (exact) mass is 399 g/mol. The standard InChI is InChI=1S/C16H15Cl2N3O3S/c1-21(2)25(23,24)12-6-3-5-11(9-12)16(22)20-19-10-13-14(17)7-4-8-15(13)18/h3-10H,1-2H3,(H,20,22)/b19-10-. The molecule has 1 amide bonds. The van der Waals surface area contributed by atoms with Gasteiger partial charge in [-0.25, -0.2) is 18.1 Å². The van der Waals surface area contributed by atoms with Gasteiger partial charge in [0, 0.05) is 25.2 Å². The van der Waals surface area contributed by atoms with Crippen LogP contribution in [0.5, 0.6) is 0 Å². The first-order valence-electron chi connectivity index (χ1n) is 7.03. The summed E-state index contributed by atoms with van der Waals surface area (Å²) in [6.07, 6.45) is 1.32. The Morgan fingerprint density at radius 1 is 1.12 bits per heavy atom. The number of hydrogen-bond acceptors (Lipinski definition) is 4. The molecule has 0 aliphatic rings. The molecule has 2 aromatic rings. The largest absolute Gasteiger partial charge is 0.271 e. The maximum absolute atomic E-state index is 12.2. The molecule has 0 bridgehead atoms. The number of amides is 1. The average Bonchev–Trinajstić information content (AvgIpc) is 2.57. The molecule has 0 fully saturated rings. The maximum atomic E-state index is 12.2. The van der Waals surface area contributed by atoms with Crippen LogP contribution in [0.25, 0.3) is 0 Å². The van der Waals surface area contributed by atoms with E-state index in [9.17, 15) is 13.2 Å². The van der Waals surface area contributed by atoms with Gasteiger partial charge in [0.2, 0.25) is 10.0 Å². The third-order valence-electron chi connectivity index (χ3n) is 3.23. The topological polar surface area (TPSA) is 78.8 Å². The zero-order valence-corrected chi connectivity index (χ0v) is 15.7. The summed E-state index contributed by atoms with van der Waals surface area (Å²) >= 11 is 12.0. The summed E-state index contributed by atoms with van der Waals surface area (Å²) in [4.78, 5) is 12.2. The van der Waals surface area contributed by atoms with Crippen LogP contribution in [-0.2, 0) is 10.0 Å². The van der Waals surface area contributed by atoms with E-state index in [4.69, 9.17) is 23.2 Å². The Morgan fingerprint density at radius 3 is 2.32 bits per heavy atom. The Hall–Kier alpha value is -1.93. The molecule has 2 aromatic carbocycles. The molecule has 0 aliphatic carbocycles. The van der Waals surface area contributed by atoms with Crippen molar-refractivity contribution in [3.8, 4) is 0 Å². The van der Waals surface area contributed by atoms with Gasteiger partial charge in [-0.1, -0.05) is 35.3 Å². The van der Waals surface area contributed by atoms with E-state index in [0.29, 0.717) is 15.6 Å². The Labute approximate surface area is 156 Å². The summed E-state index contributed by atoms with van der Waals surface area (Å²) in [6, 6.07) is 10.7. The lowest BCUT2D eigenvalue weighted by Crippen LogP contribution is -2.23. The van der Waals surface area contributed by atoms with Crippen molar-refractivity contribution in [2.75, 3.05) is 14.1 Å². The molecule has 1 N–H and O–H groups in total. The number of rotatable bonds is 5. The SMILES string of the molecule is CN(C)S(=O)(=O)c1cccc(C(=O)N/N=C\c2c(Cl)cccc2Cl)c1. The van der Waals surface area contributed by atoms with Crippen LogP contribution in [0.4, 0.5) is 0 Å². The van der Waals surface area contributed by atoms with Crippen molar-refractivity contribution in [1.82, 2.24) is 9.73 Å². The molecule has 0 aliphatic heterocycles. The third kappa shape index (κ3) is 4.58. The molecular formula is C16H15Cl2N3O3S. The van der Waals surface area contributed by atoms with Gasteiger partial charge in [0.1, 0.15) is 0 Å². The average molecular weight is 400 g/mol. The maximum Gasteiger partial charge on any atom is 0.271 e. The number of carbonyl (C=O) groups excluding carboxylic acids is 1. The van der Waals surface area contributed by atoms with Gasteiger partial charge >= 0.3 is 0 Å². The normalized spacial score (nSPS) is 11.9. The van der Waals surface area contributed by atoms with Crippen LogP contribution in [0, 0.1) is 0 Å². The van der Waals surface area contributed by atoms with Crippen molar-refractivity contribution in [3.63, 3.8) is 0 Å². The predicted molar refractivity (Wildman–Crippen MR) is 98.8 cm³/mol. The van der Waals surface area contributed by atoms with Crippen LogP contribution < -0.4 is 5.43 Å². The minimum atomic E-state index is -3.63. The number of benzene rings is 2. The highest BCUT2D eigenvalue weighted by atomic mass is 35.5. The Kier molecular flexibility index (Phi) is 6.18. The van der Waals surface area contributed by atoms with Crippen LogP contribution in [0.2, 0.25) is 10.0 Å². The smallest absolute Gasteiger partial charge is 0.267 e.